The molecule has 1 saturated heterocycles. The fourth-order valence-corrected chi connectivity index (χ4v) is 6.91. The van der Waals surface area contributed by atoms with Crippen molar-refractivity contribution in [1.82, 2.24) is 0 Å². The van der Waals surface area contributed by atoms with E-state index in [1.54, 1.807) is 36.4 Å². The fourth-order valence-electron chi connectivity index (χ4n) is 5.63. The van der Waals surface area contributed by atoms with E-state index in [0.717, 1.165) is 32.3 Å². The first-order chi connectivity index (χ1) is 22.0. The number of benzene rings is 6. The summed E-state index contributed by atoms with van der Waals surface area (Å²) < 4.78 is 17.7. The number of hydrogen-bond donors (Lipinski definition) is 0. The zero-order valence-corrected chi connectivity index (χ0v) is 24.9. The third-order valence-electron chi connectivity index (χ3n) is 8.04. The van der Waals surface area contributed by atoms with Crippen molar-refractivity contribution in [2.45, 2.75) is 17.5 Å². The Balaban J connectivity index is 1.10. The second-order valence-corrected chi connectivity index (χ2v) is 12.2. The second kappa shape index (κ2) is 12.5. The van der Waals surface area contributed by atoms with Gasteiger partial charge in [0.05, 0.1) is 21.9 Å². The van der Waals surface area contributed by atoms with E-state index < -0.39 is 35.4 Å². The fraction of sp³-hybridized carbons (Fsp3) is 0.132. The van der Waals surface area contributed by atoms with Gasteiger partial charge < -0.3 is 14.2 Å². The molecule has 3 atom stereocenters. The molecule has 7 rings (SSSR count). The van der Waals surface area contributed by atoms with E-state index in [1.165, 1.54) is 11.8 Å². The average molecular weight is 613 g/mol. The zero-order valence-electron chi connectivity index (χ0n) is 24.1. The minimum absolute atomic E-state index is 0.0178. The maximum atomic E-state index is 13.4. The molecule has 0 saturated carbocycles. The highest BCUT2D eigenvalue weighted by molar-refractivity contribution is 8.00. The number of hydrogen-bond acceptors (Lipinski definition) is 7. The van der Waals surface area contributed by atoms with Gasteiger partial charge in [-0.25, -0.2) is 14.4 Å². The average Bonchev–Trinajstić information content (AvgIpc) is 3.46. The van der Waals surface area contributed by atoms with Crippen molar-refractivity contribution in [3.8, 4) is 0 Å². The van der Waals surface area contributed by atoms with E-state index in [-0.39, 0.29) is 6.61 Å². The molecule has 1 aliphatic heterocycles. The Morgan fingerprint density at radius 1 is 0.533 bits per heavy atom. The van der Waals surface area contributed by atoms with Gasteiger partial charge in [0.2, 0.25) is 0 Å². The Kier molecular flexibility index (Phi) is 7.92. The molecular formula is C38H28O6S. The molecule has 7 heteroatoms. The predicted molar refractivity (Wildman–Crippen MR) is 177 cm³/mol. The minimum atomic E-state index is -0.831. The molecule has 45 heavy (non-hydrogen) atoms. The topological polar surface area (TPSA) is 78.9 Å². The molecule has 0 bridgehead atoms. The van der Waals surface area contributed by atoms with Gasteiger partial charge in [0.15, 0.2) is 6.10 Å². The van der Waals surface area contributed by atoms with Crippen LogP contribution in [0.2, 0.25) is 0 Å². The van der Waals surface area contributed by atoms with Gasteiger partial charge in [-0.1, -0.05) is 91.0 Å². The van der Waals surface area contributed by atoms with Gasteiger partial charge in [-0.15, -0.1) is 11.8 Å². The standard InChI is InChI=1S/C38H28O6S/c39-36(30-16-13-24-7-1-4-10-27(24)19-30)42-22-34-35(44-38(41)32-18-15-26-9-3-6-12-29(26)21-32)33(23-45-34)43-37(40)31-17-14-25-8-2-5-11-28(25)20-31/h1-21,33-35H,22-23H2/t33-,34+,35-/m1/s1. The van der Waals surface area contributed by atoms with Crippen molar-refractivity contribution in [3.63, 3.8) is 0 Å². The van der Waals surface area contributed by atoms with Gasteiger partial charge in [0, 0.05) is 5.75 Å². The molecule has 0 aliphatic carbocycles. The Morgan fingerprint density at radius 2 is 0.956 bits per heavy atom. The normalized spacial score (nSPS) is 17.7. The summed E-state index contributed by atoms with van der Waals surface area (Å²) in [6, 6.07) is 39.5. The molecule has 0 N–H and O–H groups in total. The van der Waals surface area contributed by atoms with Crippen molar-refractivity contribution >= 4 is 62.0 Å². The third-order valence-corrected chi connectivity index (χ3v) is 9.40. The summed E-state index contributed by atoms with van der Waals surface area (Å²) in [7, 11) is 0. The number of fused-ring (bicyclic) bond motifs is 3. The number of rotatable bonds is 7. The van der Waals surface area contributed by atoms with Gasteiger partial charge in [0.25, 0.3) is 0 Å². The molecule has 1 aliphatic rings. The maximum absolute atomic E-state index is 13.4. The Bertz CT molecular complexity index is 2070. The SMILES string of the molecule is O=C(OC[C@@H]1SC[C@@H](OC(=O)c2ccc3ccccc3c2)[C@H]1OC(=O)c1ccc2ccccc2c1)c1ccc2ccccc2c1. The minimum Gasteiger partial charge on any atom is -0.461 e. The van der Waals surface area contributed by atoms with E-state index in [1.807, 2.05) is 91.0 Å². The molecule has 1 heterocycles. The van der Waals surface area contributed by atoms with Gasteiger partial charge in [-0.3, -0.25) is 0 Å². The van der Waals surface area contributed by atoms with Crippen LogP contribution in [0.5, 0.6) is 0 Å². The second-order valence-electron chi connectivity index (χ2n) is 11.0. The van der Waals surface area contributed by atoms with Crippen LogP contribution in [0.15, 0.2) is 127 Å². The first-order valence-corrected chi connectivity index (χ1v) is 15.7. The van der Waals surface area contributed by atoms with Crippen molar-refractivity contribution in [1.29, 1.82) is 0 Å². The molecular weight excluding hydrogens is 584 g/mol. The summed E-state index contributed by atoms with van der Waals surface area (Å²) in [5.41, 5.74) is 1.22. The lowest BCUT2D eigenvalue weighted by atomic mass is 10.1. The van der Waals surface area contributed by atoms with E-state index in [2.05, 4.69) is 0 Å². The third kappa shape index (κ3) is 6.12. The van der Waals surface area contributed by atoms with E-state index >= 15 is 0 Å². The van der Waals surface area contributed by atoms with Crippen molar-refractivity contribution < 1.29 is 28.6 Å². The van der Waals surface area contributed by atoms with Crippen LogP contribution in [0.3, 0.4) is 0 Å². The van der Waals surface area contributed by atoms with Crippen LogP contribution in [0.1, 0.15) is 31.1 Å². The molecule has 0 amide bonds. The largest absolute Gasteiger partial charge is 0.461 e. The molecule has 0 unspecified atom stereocenters. The summed E-state index contributed by atoms with van der Waals surface area (Å²) in [4.78, 5) is 39.8. The summed E-state index contributed by atoms with van der Waals surface area (Å²) in [6.07, 6.45) is -1.56. The molecule has 222 valence electrons. The molecule has 6 aromatic rings. The van der Waals surface area contributed by atoms with Crippen LogP contribution in [-0.2, 0) is 14.2 Å². The lowest BCUT2D eigenvalue weighted by molar-refractivity contribution is -0.0295. The van der Waals surface area contributed by atoms with Gasteiger partial charge in [-0.2, -0.15) is 0 Å². The molecule has 0 aromatic heterocycles. The van der Waals surface area contributed by atoms with Crippen LogP contribution in [-0.4, -0.2) is 47.7 Å². The van der Waals surface area contributed by atoms with Crippen molar-refractivity contribution in [2.75, 3.05) is 12.4 Å². The van der Waals surface area contributed by atoms with Crippen LogP contribution >= 0.6 is 11.8 Å². The van der Waals surface area contributed by atoms with Gasteiger partial charge in [-0.05, 0) is 68.7 Å². The smallest absolute Gasteiger partial charge is 0.338 e. The van der Waals surface area contributed by atoms with Gasteiger partial charge in [0.1, 0.15) is 12.7 Å². The summed E-state index contributed by atoms with van der Waals surface area (Å²) in [5.74, 6) is -1.14. The lowest BCUT2D eigenvalue weighted by Crippen LogP contribution is -2.39. The van der Waals surface area contributed by atoms with Gasteiger partial charge >= 0.3 is 17.9 Å². The first-order valence-electron chi connectivity index (χ1n) is 14.7. The highest BCUT2D eigenvalue weighted by Crippen LogP contribution is 2.34. The molecule has 6 nitrogen and oxygen atoms in total. The molecule has 0 spiro atoms. The van der Waals surface area contributed by atoms with E-state index in [4.69, 9.17) is 14.2 Å². The lowest BCUT2D eigenvalue weighted by Gasteiger charge is -2.24. The maximum Gasteiger partial charge on any atom is 0.338 e. The monoisotopic (exact) mass is 612 g/mol. The summed E-state index contributed by atoms with van der Waals surface area (Å²) in [6.45, 7) is -0.0178. The van der Waals surface area contributed by atoms with Crippen molar-refractivity contribution in [3.05, 3.63) is 144 Å². The Hall–Kier alpha value is -5.14. The number of thioether (sulfide) groups is 1. The molecule has 6 aromatic carbocycles. The highest BCUT2D eigenvalue weighted by Gasteiger charge is 2.43. The van der Waals surface area contributed by atoms with Crippen LogP contribution in [0.25, 0.3) is 32.3 Å². The number of ether oxygens (including phenoxy) is 3. The quantitative estimate of drug-likeness (QED) is 0.134. The van der Waals surface area contributed by atoms with Crippen LogP contribution < -0.4 is 0 Å². The Morgan fingerprint density at radius 3 is 1.44 bits per heavy atom. The van der Waals surface area contributed by atoms with Crippen LogP contribution in [0, 0.1) is 0 Å². The van der Waals surface area contributed by atoms with Crippen molar-refractivity contribution in [2.24, 2.45) is 0 Å². The van der Waals surface area contributed by atoms with Crippen LogP contribution in [0.4, 0.5) is 0 Å². The zero-order chi connectivity index (χ0) is 30.8. The summed E-state index contributed by atoms with van der Waals surface area (Å²) >= 11 is 1.45. The molecule has 0 radical (unpaired) electrons. The number of esters is 3. The first kappa shape index (κ1) is 28.6. The summed E-state index contributed by atoms with van der Waals surface area (Å²) in [5, 5.41) is 5.38. The highest BCUT2D eigenvalue weighted by atomic mass is 32.2. The molecule has 1 fully saturated rings. The van der Waals surface area contributed by atoms with E-state index in [9.17, 15) is 14.4 Å². The number of carbonyl (C=O) groups excluding carboxylic acids is 3. The Labute approximate surface area is 263 Å². The van der Waals surface area contributed by atoms with E-state index in [0.29, 0.717) is 22.4 Å². The predicted octanol–water partition coefficient (Wildman–Crippen LogP) is 7.87. The number of carbonyl (C=O) groups is 3.